The number of carbonyl (C=O) groups excluding carboxylic acids is 1. The van der Waals surface area contributed by atoms with Gasteiger partial charge in [-0.1, -0.05) is 35.9 Å². The number of pyridine rings is 1. The first-order valence-electron chi connectivity index (χ1n) is 12.1. The summed E-state index contributed by atoms with van der Waals surface area (Å²) >= 11 is 6.62. The van der Waals surface area contributed by atoms with Gasteiger partial charge in [-0.3, -0.25) is 4.79 Å². The van der Waals surface area contributed by atoms with Crippen LogP contribution in [0.2, 0.25) is 5.02 Å². The third-order valence-corrected chi connectivity index (χ3v) is 6.86. The Balaban J connectivity index is 1.53. The predicted octanol–water partition coefficient (Wildman–Crippen LogP) is 5.19. The minimum Gasteiger partial charge on any atom is -0.457 e. The average molecular weight is 520 g/mol. The lowest BCUT2D eigenvalue weighted by molar-refractivity contribution is -0.122. The second-order valence-corrected chi connectivity index (χ2v) is 10.4. The summed E-state index contributed by atoms with van der Waals surface area (Å²) in [7, 11) is 3.95. The molecule has 37 heavy (non-hydrogen) atoms. The maximum absolute atomic E-state index is 13.3. The van der Waals surface area contributed by atoms with Crippen LogP contribution < -0.4 is 15.0 Å². The van der Waals surface area contributed by atoms with Crippen LogP contribution in [0.1, 0.15) is 31.1 Å². The smallest absolute Gasteiger partial charge is 0.252 e. The van der Waals surface area contributed by atoms with E-state index < -0.39 is 11.6 Å². The van der Waals surface area contributed by atoms with Crippen molar-refractivity contribution in [2.75, 3.05) is 37.4 Å². The molecule has 3 heterocycles. The molecule has 0 saturated heterocycles. The van der Waals surface area contributed by atoms with E-state index in [9.17, 15) is 9.90 Å². The summed E-state index contributed by atoms with van der Waals surface area (Å²) in [6.07, 6.45) is 2.41. The molecule has 1 unspecified atom stereocenters. The molecule has 0 saturated carbocycles. The Morgan fingerprint density at radius 3 is 2.59 bits per heavy atom. The molecule has 8 nitrogen and oxygen atoms in total. The molecular weight excluding hydrogens is 490 g/mol. The molecule has 0 bridgehead atoms. The maximum atomic E-state index is 13.3. The number of hydrogen-bond acceptors (Lipinski definition) is 6. The number of nitrogens with one attached hydrogen (secondary N) is 2. The molecule has 192 valence electrons. The van der Waals surface area contributed by atoms with Crippen LogP contribution in [0, 0.1) is 0 Å². The molecule has 0 spiro atoms. The van der Waals surface area contributed by atoms with Crippen LogP contribution >= 0.6 is 11.6 Å². The summed E-state index contributed by atoms with van der Waals surface area (Å²) in [6, 6.07) is 14.7. The van der Waals surface area contributed by atoms with Gasteiger partial charge in [0, 0.05) is 30.4 Å². The number of carbonyl (C=O) groups is 1. The number of para-hydroxylation sites is 1. The summed E-state index contributed by atoms with van der Waals surface area (Å²) in [5.41, 5.74) is 2.37. The number of ether oxygens (including phenoxy) is 1. The number of benzene rings is 2. The Labute approximate surface area is 220 Å². The van der Waals surface area contributed by atoms with Gasteiger partial charge in [-0.05, 0) is 52.2 Å². The standard InChI is InChI=1S/C28H30ClN5O3/c1-28(2)27(36)34(13-12-33(3)4)22-16-31-26-23(24(22)32-28)20(15-30-26)25(35)19-11-10-18(14-21(19)29)37-17-8-6-5-7-9-17/h5-11,14-16,25,32,35H,12-13H2,1-4H3,(H,30,31). The molecule has 0 aliphatic carbocycles. The number of amides is 1. The number of aliphatic hydroxyl groups excluding tert-OH is 1. The average Bonchev–Trinajstić information content (AvgIpc) is 3.29. The molecule has 5 rings (SSSR count). The monoisotopic (exact) mass is 519 g/mol. The van der Waals surface area contributed by atoms with Gasteiger partial charge in [0.1, 0.15) is 28.8 Å². The van der Waals surface area contributed by atoms with Crippen molar-refractivity contribution in [2.24, 2.45) is 0 Å². The van der Waals surface area contributed by atoms with Gasteiger partial charge in [0.15, 0.2) is 0 Å². The lowest BCUT2D eigenvalue weighted by Gasteiger charge is -2.40. The molecular formula is C28H30ClN5O3. The Bertz CT molecular complexity index is 1450. The fourth-order valence-corrected chi connectivity index (χ4v) is 4.85. The lowest BCUT2D eigenvalue weighted by atomic mass is 9.95. The molecule has 4 aromatic rings. The predicted molar refractivity (Wildman–Crippen MR) is 147 cm³/mol. The van der Waals surface area contributed by atoms with E-state index in [1.54, 1.807) is 35.5 Å². The number of nitrogens with zero attached hydrogens (tertiary/aromatic N) is 3. The number of likely N-dealkylation sites (N-methyl/N-ethyl adjacent to an activating group) is 1. The summed E-state index contributed by atoms with van der Waals surface area (Å²) in [4.78, 5) is 24.8. The van der Waals surface area contributed by atoms with Crippen LogP contribution in [0.5, 0.6) is 11.5 Å². The first kappa shape index (κ1) is 25.1. The Morgan fingerprint density at radius 1 is 1.14 bits per heavy atom. The topological polar surface area (TPSA) is 93.7 Å². The van der Waals surface area contributed by atoms with Crippen LogP contribution in [0.25, 0.3) is 11.0 Å². The summed E-state index contributed by atoms with van der Waals surface area (Å²) in [5, 5.41) is 16.0. The number of rotatable bonds is 7. The van der Waals surface area contributed by atoms with E-state index in [0.29, 0.717) is 52.1 Å². The van der Waals surface area contributed by atoms with Gasteiger partial charge in [0.25, 0.3) is 5.91 Å². The van der Waals surface area contributed by atoms with Crippen LogP contribution in [0.15, 0.2) is 60.9 Å². The third kappa shape index (κ3) is 4.75. The number of hydrogen-bond donors (Lipinski definition) is 3. The Hall–Kier alpha value is -3.59. The van der Waals surface area contributed by atoms with Gasteiger partial charge < -0.3 is 29.9 Å². The van der Waals surface area contributed by atoms with Crippen molar-refractivity contribution < 1.29 is 14.6 Å². The van der Waals surface area contributed by atoms with Gasteiger partial charge in [0.2, 0.25) is 0 Å². The zero-order valence-electron chi connectivity index (χ0n) is 21.2. The molecule has 1 atom stereocenters. The first-order chi connectivity index (χ1) is 17.7. The van der Waals surface area contributed by atoms with E-state index in [4.69, 9.17) is 16.3 Å². The van der Waals surface area contributed by atoms with E-state index >= 15 is 0 Å². The zero-order valence-corrected chi connectivity index (χ0v) is 22.0. The minimum absolute atomic E-state index is 0.0299. The second-order valence-electron chi connectivity index (χ2n) is 10.00. The van der Waals surface area contributed by atoms with Crippen molar-refractivity contribution in [1.82, 2.24) is 14.9 Å². The Morgan fingerprint density at radius 2 is 1.89 bits per heavy atom. The van der Waals surface area contributed by atoms with E-state index in [1.165, 1.54) is 0 Å². The molecule has 0 radical (unpaired) electrons. The number of fused-ring (bicyclic) bond motifs is 3. The maximum Gasteiger partial charge on any atom is 0.252 e. The summed E-state index contributed by atoms with van der Waals surface area (Å²) in [5.74, 6) is 1.24. The van der Waals surface area contributed by atoms with Crippen molar-refractivity contribution in [2.45, 2.75) is 25.5 Å². The number of anilines is 2. The molecule has 1 amide bonds. The molecule has 9 heteroatoms. The van der Waals surface area contributed by atoms with Gasteiger partial charge >= 0.3 is 0 Å². The molecule has 2 aromatic carbocycles. The van der Waals surface area contributed by atoms with Crippen LogP contribution in [-0.4, -0.2) is 58.6 Å². The van der Waals surface area contributed by atoms with Crippen molar-refractivity contribution >= 4 is 39.9 Å². The number of halogens is 1. The highest BCUT2D eigenvalue weighted by Gasteiger charge is 2.40. The molecule has 3 N–H and O–H groups in total. The highest BCUT2D eigenvalue weighted by molar-refractivity contribution is 6.31. The third-order valence-electron chi connectivity index (χ3n) is 6.53. The number of H-pyrrole nitrogens is 1. The van der Waals surface area contributed by atoms with Gasteiger partial charge in [-0.2, -0.15) is 0 Å². The van der Waals surface area contributed by atoms with Crippen LogP contribution in [-0.2, 0) is 4.79 Å². The quantitative estimate of drug-likeness (QED) is 0.311. The van der Waals surface area contributed by atoms with Crippen molar-refractivity contribution in [1.29, 1.82) is 0 Å². The number of aromatic amines is 1. The zero-order chi connectivity index (χ0) is 26.3. The van der Waals surface area contributed by atoms with E-state index in [0.717, 1.165) is 11.1 Å². The van der Waals surface area contributed by atoms with Crippen molar-refractivity contribution in [3.8, 4) is 11.5 Å². The molecule has 2 aromatic heterocycles. The summed E-state index contributed by atoms with van der Waals surface area (Å²) < 4.78 is 5.88. The van der Waals surface area contributed by atoms with Crippen LogP contribution in [0.4, 0.5) is 11.4 Å². The minimum atomic E-state index is -1.03. The summed E-state index contributed by atoms with van der Waals surface area (Å²) in [6.45, 7) is 4.94. The molecule has 0 fully saturated rings. The van der Waals surface area contributed by atoms with E-state index in [1.807, 2.05) is 63.2 Å². The fraction of sp³-hybridized carbons (Fsp3) is 0.286. The SMILES string of the molecule is CN(C)CCN1C(=O)C(C)(C)Nc2c1cnc1[nH]cc(C(O)c3ccc(Oc4ccccc4)cc3Cl)c21. The molecule has 1 aliphatic heterocycles. The van der Waals surface area contributed by atoms with Gasteiger partial charge in [-0.25, -0.2) is 4.98 Å². The highest BCUT2D eigenvalue weighted by atomic mass is 35.5. The van der Waals surface area contributed by atoms with Gasteiger partial charge in [-0.15, -0.1) is 0 Å². The Kier molecular flexibility index (Phi) is 6.58. The number of aliphatic hydroxyl groups is 1. The largest absolute Gasteiger partial charge is 0.457 e. The first-order valence-corrected chi connectivity index (χ1v) is 12.5. The normalized spacial score (nSPS) is 15.5. The van der Waals surface area contributed by atoms with Crippen molar-refractivity contribution in [3.05, 3.63) is 77.1 Å². The number of aromatic nitrogens is 2. The second kappa shape index (κ2) is 9.70. The van der Waals surface area contributed by atoms with E-state index in [-0.39, 0.29) is 5.91 Å². The van der Waals surface area contributed by atoms with Crippen molar-refractivity contribution in [3.63, 3.8) is 0 Å². The van der Waals surface area contributed by atoms with E-state index in [2.05, 4.69) is 15.3 Å². The van der Waals surface area contributed by atoms with Gasteiger partial charge in [0.05, 0.1) is 28.0 Å². The lowest BCUT2D eigenvalue weighted by Crippen LogP contribution is -2.55. The fourth-order valence-electron chi connectivity index (χ4n) is 4.58. The van der Waals surface area contributed by atoms with Crippen LogP contribution in [0.3, 0.4) is 0 Å². The molecule has 1 aliphatic rings. The highest BCUT2D eigenvalue weighted by Crippen LogP contribution is 2.44.